The van der Waals surface area contributed by atoms with Crippen LogP contribution in [0.5, 0.6) is 6.01 Å². The number of ether oxygens (including phenoxy) is 2. The fourth-order valence-electron chi connectivity index (χ4n) is 6.43. The normalized spacial score (nSPS) is 26.7. The molecule has 4 aliphatic rings. The second kappa shape index (κ2) is 8.93. The van der Waals surface area contributed by atoms with Gasteiger partial charge in [-0.25, -0.2) is 13.6 Å². The number of hydrogen-bond donors (Lipinski definition) is 0. The van der Waals surface area contributed by atoms with Crippen molar-refractivity contribution in [2.24, 2.45) is 0 Å². The van der Waals surface area contributed by atoms with Gasteiger partial charge < -0.3 is 14.4 Å². The average molecular weight is 525 g/mol. The van der Waals surface area contributed by atoms with Gasteiger partial charge in [0, 0.05) is 38.0 Å². The molecule has 4 fully saturated rings. The van der Waals surface area contributed by atoms with E-state index in [-0.39, 0.29) is 40.8 Å². The summed E-state index contributed by atoms with van der Waals surface area (Å²) in [6.07, 6.45) is 2.80. The number of benzene rings is 1. The Hall–Kier alpha value is -2.69. The summed E-state index contributed by atoms with van der Waals surface area (Å²) < 4.78 is 41.2. The number of alkyl halides is 1. The summed E-state index contributed by atoms with van der Waals surface area (Å²) in [7, 11) is 5.88. The molecule has 0 bridgehead atoms. The van der Waals surface area contributed by atoms with E-state index in [0.29, 0.717) is 43.8 Å². The van der Waals surface area contributed by atoms with Gasteiger partial charge in [-0.2, -0.15) is 9.97 Å². The number of carbonyl (C=O) groups excluding carboxylic acids is 1. The molecule has 3 aliphatic heterocycles. The van der Waals surface area contributed by atoms with E-state index in [0.717, 1.165) is 32.2 Å². The van der Waals surface area contributed by atoms with Crippen molar-refractivity contribution in [2.75, 3.05) is 44.2 Å². The topological polar surface area (TPSA) is 71.0 Å². The quantitative estimate of drug-likeness (QED) is 0.569. The van der Waals surface area contributed by atoms with Gasteiger partial charge in [-0.3, -0.25) is 9.80 Å². The molecule has 8 nitrogen and oxygen atoms in total. The number of anilines is 1. The minimum absolute atomic E-state index is 0.00173. The van der Waals surface area contributed by atoms with Crippen LogP contribution in [0.1, 0.15) is 52.9 Å². The zero-order chi connectivity index (χ0) is 26.9. The summed E-state index contributed by atoms with van der Waals surface area (Å²) in [5.74, 6) is -0.0653. The SMILES string of the molecule is [B]c1ccc2c(N3CCN(C(=O)OC(C)(C)C)C4(CC4)C3)nc(OC[C@@]34CCCN3C[C@H](F)C4)nc2c1F. The highest BCUT2D eigenvalue weighted by Crippen LogP contribution is 2.46. The summed E-state index contributed by atoms with van der Waals surface area (Å²) in [6.45, 7) is 8.61. The maximum atomic E-state index is 15.2. The molecule has 2 aromatic rings. The lowest BCUT2D eigenvalue weighted by molar-refractivity contribution is 0.0106. The molecular formula is C27H34BF2N5O3. The second-order valence-electron chi connectivity index (χ2n) is 12.3. The molecule has 38 heavy (non-hydrogen) atoms. The van der Waals surface area contributed by atoms with Crippen LogP contribution in [-0.2, 0) is 4.74 Å². The minimum atomic E-state index is -0.875. The predicted octanol–water partition coefficient (Wildman–Crippen LogP) is 3.11. The van der Waals surface area contributed by atoms with Gasteiger partial charge >= 0.3 is 12.1 Å². The van der Waals surface area contributed by atoms with Gasteiger partial charge in [0.05, 0.1) is 11.1 Å². The first kappa shape index (κ1) is 25.6. The molecule has 1 aromatic carbocycles. The summed E-state index contributed by atoms with van der Waals surface area (Å²) in [5.41, 5.74) is -1.19. The first-order chi connectivity index (χ1) is 18.0. The minimum Gasteiger partial charge on any atom is -0.461 e. The van der Waals surface area contributed by atoms with Gasteiger partial charge in [0.2, 0.25) is 0 Å². The van der Waals surface area contributed by atoms with Gasteiger partial charge in [-0.1, -0.05) is 11.5 Å². The number of aromatic nitrogens is 2. The van der Waals surface area contributed by atoms with Gasteiger partial charge in [-0.15, -0.1) is 0 Å². The summed E-state index contributed by atoms with van der Waals surface area (Å²) in [4.78, 5) is 28.1. The molecule has 1 saturated carbocycles. The van der Waals surface area contributed by atoms with E-state index in [4.69, 9.17) is 22.3 Å². The first-order valence-electron chi connectivity index (χ1n) is 13.5. The van der Waals surface area contributed by atoms with Gasteiger partial charge in [0.1, 0.15) is 43.4 Å². The molecule has 2 radical (unpaired) electrons. The van der Waals surface area contributed by atoms with Gasteiger partial charge in [0.15, 0.2) is 0 Å². The van der Waals surface area contributed by atoms with Crippen LogP contribution in [-0.4, -0.2) is 95.9 Å². The Balaban J connectivity index is 1.29. The lowest BCUT2D eigenvalue weighted by atomic mass is 9.94. The Bertz CT molecular complexity index is 1270. The molecule has 0 N–H and O–H groups in total. The highest BCUT2D eigenvalue weighted by molar-refractivity contribution is 6.33. The zero-order valence-electron chi connectivity index (χ0n) is 22.3. The summed E-state index contributed by atoms with van der Waals surface area (Å²) >= 11 is 0. The van der Waals surface area contributed by atoms with E-state index >= 15 is 4.39 Å². The third-order valence-electron chi connectivity index (χ3n) is 8.42. The summed E-state index contributed by atoms with van der Waals surface area (Å²) in [6, 6.07) is 3.30. The van der Waals surface area contributed by atoms with Crippen LogP contribution in [0.15, 0.2) is 12.1 Å². The molecule has 0 unspecified atom stereocenters. The van der Waals surface area contributed by atoms with E-state index in [2.05, 4.69) is 14.8 Å². The second-order valence-corrected chi connectivity index (χ2v) is 12.3. The molecule has 1 spiro atoms. The van der Waals surface area contributed by atoms with E-state index in [9.17, 15) is 9.18 Å². The third-order valence-corrected chi connectivity index (χ3v) is 8.42. The monoisotopic (exact) mass is 525 g/mol. The number of fused-ring (bicyclic) bond motifs is 2. The van der Waals surface area contributed by atoms with Crippen LogP contribution >= 0.6 is 0 Å². The Kier molecular flexibility index (Phi) is 6.01. The molecule has 1 aliphatic carbocycles. The number of piperazine rings is 1. The van der Waals surface area contributed by atoms with Crippen LogP contribution in [0.3, 0.4) is 0 Å². The third kappa shape index (κ3) is 4.46. The van der Waals surface area contributed by atoms with Crippen molar-refractivity contribution in [3.05, 3.63) is 17.9 Å². The average Bonchev–Trinajstić information content (AvgIpc) is 3.37. The van der Waals surface area contributed by atoms with E-state index in [1.165, 1.54) is 6.07 Å². The number of carbonyl (C=O) groups is 1. The molecule has 1 amide bonds. The largest absolute Gasteiger partial charge is 0.461 e. The smallest absolute Gasteiger partial charge is 0.410 e. The van der Waals surface area contributed by atoms with Crippen LogP contribution in [0, 0.1) is 5.82 Å². The lowest BCUT2D eigenvalue weighted by Crippen LogP contribution is -2.58. The van der Waals surface area contributed by atoms with Crippen molar-refractivity contribution < 1.29 is 23.0 Å². The molecule has 1 aromatic heterocycles. The highest BCUT2D eigenvalue weighted by Gasteiger charge is 2.55. The van der Waals surface area contributed by atoms with Crippen LogP contribution < -0.4 is 15.1 Å². The van der Waals surface area contributed by atoms with Crippen LogP contribution in [0.25, 0.3) is 10.9 Å². The number of rotatable bonds is 4. The van der Waals surface area contributed by atoms with Crippen molar-refractivity contribution >= 4 is 36.1 Å². The number of amides is 1. The Morgan fingerprint density at radius 1 is 1.18 bits per heavy atom. The lowest BCUT2D eigenvalue weighted by Gasteiger charge is -2.43. The number of hydrogen-bond acceptors (Lipinski definition) is 7. The fourth-order valence-corrected chi connectivity index (χ4v) is 6.43. The van der Waals surface area contributed by atoms with Gasteiger partial charge in [-0.05, 0) is 59.1 Å². The molecule has 202 valence electrons. The Morgan fingerprint density at radius 3 is 2.71 bits per heavy atom. The first-order valence-corrected chi connectivity index (χ1v) is 13.5. The summed E-state index contributed by atoms with van der Waals surface area (Å²) in [5, 5.41) is 0.538. The molecule has 3 saturated heterocycles. The number of nitrogens with zero attached hydrogens (tertiary/aromatic N) is 5. The van der Waals surface area contributed by atoms with Crippen molar-refractivity contribution in [1.82, 2.24) is 19.8 Å². The number of halogens is 2. The van der Waals surface area contributed by atoms with Crippen molar-refractivity contribution in [2.45, 2.75) is 75.7 Å². The molecule has 6 rings (SSSR count). The van der Waals surface area contributed by atoms with Crippen molar-refractivity contribution in [3.63, 3.8) is 0 Å². The Labute approximate surface area is 223 Å². The van der Waals surface area contributed by atoms with Crippen molar-refractivity contribution in [1.29, 1.82) is 0 Å². The molecule has 11 heteroatoms. The van der Waals surface area contributed by atoms with Crippen LogP contribution in [0.2, 0.25) is 0 Å². The predicted molar refractivity (Wildman–Crippen MR) is 141 cm³/mol. The van der Waals surface area contributed by atoms with E-state index in [1.54, 1.807) is 6.07 Å². The molecule has 4 heterocycles. The molecular weight excluding hydrogens is 491 g/mol. The Morgan fingerprint density at radius 2 is 1.97 bits per heavy atom. The highest BCUT2D eigenvalue weighted by atomic mass is 19.1. The van der Waals surface area contributed by atoms with E-state index < -0.39 is 17.6 Å². The van der Waals surface area contributed by atoms with Crippen LogP contribution in [0.4, 0.5) is 19.4 Å². The fraction of sp³-hybridized carbons (Fsp3) is 0.667. The maximum Gasteiger partial charge on any atom is 0.410 e. The van der Waals surface area contributed by atoms with Crippen molar-refractivity contribution in [3.8, 4) is 6.01 Å². The van der Waals surface area contributed by atoms with E-state index in [1.807, 2.05) is 25.7 Å². The maximum absolute atomic E-state index is 15.2. The zero-order valence-corrected chi connectivity index (χ0v) is 22.3. The standard InChI is InChI=1S/C27H34BF2N5O3/c1-25(2,3)38-24(36)35-12-11-33(15-26(35)8-9-26)22-18-5-6-19(28)20(30)21(18)31-23(32-22)37-16-27-7-4-10-34(27)14-17(29)13-27/h5-6,17H,4,7-16H2,1-3H3/t17-,27+/m1/s1. The van der Waals surface area contributed by atoms with Gasteiger partial charge in [0.25, 0.3) is 0 Å². The molecule has 2 atom stereocenters.